The summed E-state index contributed by atoms with van der Waals surface area (Å²) in [5.74, 6) is 22.8. The lowest BCUT2D eigenvalue weighted by Gasteiger charge is -2.17. The van der Waals surface area contributed by atoms with E-state index < -0.39 is 23.3 Å². The van der Waals surface area contributed by atoms with Gasteiger partial charge in [-0.15, -0.1) is 0 Å². The number of fused-ring (bicyclic) bond motifs is 14. The Kier molecular flexibility index (Phi) is 11.5. The molecule has 18 aromatic carbocycles. The van der Waals surface area contributed by atoms with E-state index in [1.165, 1.54) is 138 Å². The fourth-order valence-electron chi connectivity index (χ4n) is 15.9. The van der Waals surface area contributed by atoms with E-state index in [0.29, 0.717) is 22.3 Å². The van der Waals surface area contributed by atoms with Gasteiger partial charge in [-0.25, -0.2) is 17.6 Å². The summed E-state index contributed by atoms with van der Waals surface area (Å²) >= 11 is 0. The molecule has 4 heteroatoms. The van der Waals surface area contributed by atoms with E-state index >= 15 is 17.6 Å². The largest absolute Gasteiger partial charge is 0.207 e. The van der Waals surface area contributed by atoms with E-state index in [1.807, 2.05) is 12.1 Å². The molecular weight excluding hydrogens is 1130 g/mol. The molecule has 0 aromatic heterocycles. The topological polar surface area (TPSA) is 0 Å². The van der Waals surface area contributed by atoms with Crippen LogP contribution in [0.15, 0.2) is 218 Å². The molecule has 0 fully saturated rings. The molecule has 0 N–H and O–H groups in total. The molecule has 0 radical (unpaired) electrons. The molecule has 0 heterocycles. The summed E-state index contributed by atoms with van der Waals surface area (Å²) in [6.07, 6.45) is 0. The minimum absolute atomic E-state index is 0.379. The molecule has 0 nitrogen and oxygen atoms in total. The second-order valence-corrected chi connectivity index (χ2v) is 23.6. The van der Waals surface area contributed by atoms with Crippen LogP contribution < -0.4 is 0 Å². The lowest BCUT2D eigenvalue weighted by Crippen LogP contribution is -1.91. The summed E-state index contributed by atoms with van der Waals surface area (Å²) < 4.78 is 60.6. The van der Waals surface area contributed by atoms with Gasteiger partial charge in [-0.2, -0.15) is 0 Å². The number of halogens is 4. The Balaban J connectivity index is 0.000000476. The second kappa shape index (κ2) is 20.1. The van der Waals surface area contributed by atoms with Gasteiger partial charge >= 0.3 is 0 Å². The van der Waals surface area contributed by atoms with Crippen molar-refractivity contribution in [2.24, 2.45) is 0 Å². The van der Waals surface area contributed by atoms with Crippen LogP contribution in [0.4, 0.5) is 17.6 Å². The lowest BCUT2D eigenvalue weighted by atomic mass is 9.85. The van der Waals surface area contributed by atoms with Gasteiger partial charge in [0.2, 0.25) is 0 Å². The smallest absolute Gasteiger partial charge is 0.126 e. The van der Waals surface area contributed by atoms with Gasteiger partial charge in [0.15, 0.2) is 0 Å². The van der Waals surface area contributed by atoms with E-state index in [9.17, 15) is 0 Å². The van der Waals surface area contributed by atoms with Crippen LogP contribution in [0.25, 0.3) is 174 Å². The molecule has 0 bridgehead atoms. The van der Waals surface area contributed by atoms with Gasteiger partial charge in [0.25, 0.3) is 0 Å². The Hall–Kier alpha value is -12.4. The van der Waals surface area contributed by atoms with E-state index in [2.05, 4.69) is 229 Å². The van der Waals surface area contributed by atoms with Crippen molar-refractivity contribution in [2.45, 2.75) is 13.8 Å². The first-order valence-corrected chi connectivity index (χ1v) is 30.4. The molecule has 0 saturated heterocycles. The van der Waals surface area contributed by atoms with Gasteiger partial charge in [0, 0.05) is 12.1 Å². The quantitative estimate of drug-likeness (QED) is 0.0713. The highest BCUT2D eigenvalue weighted by atomic mass is 19.1. The van der Waals surface area contributed by atoms with Crippen LogP contribution in [-0.2, 0) is 0 Å². The zero-order chi connectivity index (χ0) is 61.6. The predicted octanol–water partition coefficient (Wildman–Crippen LogP) is 22.4. The maximum atomic E-state index is 15.1. The van der Waals surface area contributed by atoms with E-state index in [4.69, 9.17) is 0 Å². The fraction of sp³-hybridized carbons (Fsp3) is 0.0227. The molecule has 92 heavy (non-hydrogen) atoms. The molecule has 1 aliphatic carbocycles. The molecule has 0 unspecified atom stereocenters. The van der Waals surface area contributed by atoms with Crippen molar-refractivity contribution in [3.8, 4) is 104 Å². The van der Waals surface area contributed by atoms with Crippen molar-refractivity contribution in [1.82, 2.24) is 0 Å². The summed E-state index contributed by atoms with van der Waals surface area (Å²) in [6, 6.07) is 73.7. The van der Waals surface area contributed by atoms with Gasteiger partial charge in [0.05, 0.1) is 0 Å². The average molecular weight is 1180 g/mol. The summed E-state index contributed by atoms with van der Waals surface area (Å²) in [4.78, 5) is 0. The highest BCUT2D eigenvalue weighted by Gasteiger charge is 2.30. The molecule has 0 spiro atoms. The standard InChI is InChI=1S/C76H36F4.C12H6/c77-41-30-39(31-42(78)34-41)46-20-21-47(40-32-43(79)35-44(80)33-40)65-58-27-23-53-55-25-29-60-70-59(28-24-54(67(55)70)52-22-26-57(64(46)65)69(58)66(52)53)74-68(48-15-5-4-14-45(48)37-10-2-1-3-11-37)62-36-61-51-18-8-12-38-13-9-19-56(63(38)51)71(61)72-49-16-6-7-17-50(49)73(75(60)74)76(62)72;1-3-5-7-9-11-12-10-8-6-4-2/h1-36H;1-2H3. The molecule has 0 aliphatic heterocycles. The van der Waals surface area contributed by atoms with E-state index in [0.717, 1.165) is 70.9 Å². The van der Waals surface area contributed by atoms with Crippen LogP contribution in [-0.4, -0.2) is 0 Å². The second-order valence-electron chi connectivity index (χ2n) is 23.6. The highest BCUT2D eigenvalue weighted by molar-refractivity contribution is 6.54. The highest BCUT2D eigenvalue weighted by Crippen LogP contribution is 2.59. The Labute approximate surface area is 523 Å². The first-order valence-electron chi connectivity index (χ1n) is 30.4. The van der Waals surface area contributed by atoms with Gasteiger partial charge in [-0.05, 0) is 286 Å². The summed E-state index contributed by atoms with van der Waals surface area (Å²) in [7, 11) is 0. The molecular formula is C88H42F4. The summed E-state index contributed by atoms with van der Waals surface area (Å²) in [6.45, 7) is 3.44. The number of hydrogen-bond donors (Lipinski definition) is 0. The Bertz CT molecular complexity index is 6660. The maximum Gasteiger partial charge on any atom is 0.126 e. The molecule has 18 aromatic rings. The maximum absolute atomic E-state index is 15.1. The van der Waals surface area contributed by atoms with Crippen LogP contribution in [0.3, 0.4) is 0 Å². The van der Waals surface area contributed by atoms with Gasteiger partial charge in [0.1, 0.15) is 23.3 Å². The number of hydrogen-bond acceptors (Lipinski definition) is 0. The van der Waals surface area contributed by atoms with Crippen molar-refractivity contribution >= 4 is 129 Å². The SMILES string of the molecule is CC#CC#CC#CC#CC#CC.Fc1cc(F)cc(-c2ccc(-c3cc(F)cc(F)c3)c3c2=c2ccc4c5ccc6c7c(-c8ccccc8-c8ccccc8)c8cc9c%10cccc%11cccc(c%11%10)c9c9c%10ccccc%10c(c7c7ccc(c%10ccc=3c2c4%10)c5c67)c89)c1. The van der Waals surface area contributed by atoms with Crippen LogP contribution in [0.5, 0.6) is 0 Å². The van der Waals surface area contributed by atoms with Crippen molar-refractivity contribution in [2.75, 3.05) is 0 Å². The third-order valence-electron chi connectivity index (χ3n) is 19.0. The van der Waals surface area contributed by atoms with Crippen molar-refractivity contribution in [1.29, 1.82) is 0 Å². The normalized spacial score (nSPS) is 11.6. The third kappa shape index (κ3) is 7.44. The molecule has 1 aliphatic rings. The number of benzene rings is 15. The zero-order valence-electron chi connectivity index (χ0n) is 49.3. The minimum Gasteiger partial charge on any atom is -0.207 e. The van der Waals surface area contributed by atoms with Crippen molar-refractivity contribution < 1.29 is 17.6 Å². The first kappa shape index (κ1) is 52.7. The molecule has 422 valence electrons. The Morgan fingerprint density at radius 3 is 1.17 bits per heavy atom. The zero-order valence-corrected chi connectivity index (χ0v) is 49.3. The van der Waals surface area contributed by atoms with Crippen molar-refractivity contribution in [3.63, 3.8) is 0 Å². The Morgan fingerprint density at radius 2 is 0.609 bits per heavy atom. The van der Waals surface area contributed by atoms with Crippen LogP contribution in [0.2, 0.25) is 0 Å². The van der Waals surface area contributed by atoms with Crippen LogP contribution >= 0.6 is 0 Å². The minimum atomic E-state index is -0.688. The summed E-state index contributed by atoms with van der Waals surface area (Å²) in [5.41, 5.74) is 6.76. The molecule has 0 saturated carbocycles. The molecule has 19 rings (SSSR count). The van der Waals surface area contributed by atoms with Crippen LogP contribution in [0.1, 0.15) is 13.8 Å². The van der Waals surface area contributed by atoms with Crippen LogP contribution in [0, 0.1) is 103 Å². The van der Waals surface area contributed by atoms with Gasteiger partial charge in [-0.1, -0.05) is 188 Å². The molecule has 0 atom stereocenters. The average Bonchev–Trinajstić information content (AvgIpc) is 1.49. The van der Waals surface area contributed by atoms with E-state index in [1.54, 1.807) is 13.8 Å². The first-order chi connectivity index (χ1) is 45.3. The fourth-order valence-corrected chi connectivity index (χ4v) is 15.9. The van der Waals surface area contributed by atoms with E-state index in [-0.39, 0.29) is 0 Å². The molecule has 0 amide bonds. The lowest BCUT2D eigenvalue weighted by molar-refractivity contribution is 0.583. The van der Waals surface area contributed by atoms with Gasteiger partial charge in [-0.3, -0.25) is 0 Å². The van der Waals surface area contributed by atoms with Crippen molar-refractivity contribution in [3.05, 3.63) is 263 Å². The Morgan fingerprint density at radius 1 is 0.228 bits per heavy atom. The van der Waals surface area contributed by atoms with Gasteiger partial charge < -0.3 is 0 Å². The monoisotopic (exact) mass is 1170 g/mol. The predicted molar refractivity (Wildman–Crippen MR) is 375 cm³/mol. The number of rotatable bonds is 4. The third-order valence-corrected chi connectivity index (χ3v) is 19.0. The summed E-state index contributed by atoms with van der Waals surface area (Å²) in [5, 5.41) is 32.4.